The van der Waals surface area contributed by atoms with Gasteiger partial charge in [-0.25, -0.2) is 8.78 Å². The minimum Gasteiger partial charge on any atom is -0.480 e. The van der Waals surface area contributed by atoms with Crippen molar-refractivity contribution in [3.63, 3.8) is 0 Å². The van der Waals surface area contributed by atoms with Gasteiger partial charge in [0.15, 0.2) is 0 Å². The first-order valence-corrected chi connectivity index (χ1v) is 8.54. The van der Waals surface area contributed by atoms with E-state index in [1.54, 1.807) is 29.2 Å². The second kappa shape index (κ2) is 7.50. The van der Waals surface area contributed by atoms with E-state index in [2.05, 4.69) is 0 Å². The third-order valence-corrected chi connectivity index (χ3v) is 4.96. The summed E-state index contributed by atoms with van der Waals surface area (Å²) in [7, 11) is 0. The van der Waals surface area contributed by atoms with Gasteiger partial charge in [-0.3, -0.25) is 9.69 Å². The van der Waals surface area contributed by atoms with Gasteiger partial charge in [0.2, 0.25) is 0 Å². The number of nitrogens with zero attached hydrogens (tertiary/aromatic N) is 1. The quantitative estimate of drug-likeness (QED) is 0.857. The van der Waals surface area contributed by atoms with Gasteiger partial charge in [-0.05, 0) is 37.1 Å². The molecule has 6 heteroatoms. The third kappa shape index (κ3) is 3.67. The Bertz CT molecular complexity index is 784. The number of benzene rings is 2. The van der Waals surface area contributed by atoms with Crippen LogP contribution < -0.4 is 0 Å². The van der Waals surface area contributed by atoms with Gasteiger partial charge in [-0.15, -0.1) is 0 Å². The molecule has 0 spiro atoms. The lowest BCUT2D eigenvalue weighted by Gasteiger charge is -2.40. The number of rotatable bonds is 4. The van der Waals surface area contributed by atoms with Gasteiger partial charge in [-0.1, -0.05) is 42.3 Å². The lowest BCUT2D eigenvalue weighted by molar-refractivity contribution is -0.145. The average molecular weight is 366 g/mol. The van der Waals surface area contributed by atoms with Gasteiger partial charge in [0.05, 0.1) is 6.04 Å². The molecule has 0 amide bonds. The zero-order valence-corrected chi connectivity index (χ0v) is 14.2. The van der Waals surface area contributed by atoms with Crippen molar-refractivity contribution in [3.05, 3.63) is 70.2 Å². The van der Waals surface area contributed by atoms with Gasteiger partial charge in [0.25, 0.3) is 0 Å². The molecule has 0 aliphatic carbocycles. The van der Waals surface area contributed by atoms with E-state index in [0.29, 0.717) is 23.6 Å². The Labute approximate surface area is 149 Å². The van der Waals surface area contributed by atoms with Crippen molar-refractivity contribution in [1.29, 1.82) is 0 Å². The normalized spacial score (nSPS) is 19.6. The monoisotopic (exact) mass is 365 g/mol. The molecule has 2 aromatic rings. The van der Waals surface area contributed by atoms with E-state index >= 15 is 0 Å². The summed E-state index contributed by atoms with van der Waals surface area (Å²) in [5.74, 6) is -2.33. The van der Waals surface area contributed by atoms with Crippen molar-refractivity contribution in [1.82, 2.24) is 4.90 Å². The van der Waals surface area contributed by atoms with E-state index < -0.39 is 29.7 Å². The Kier molecular flexibility index (Phi) is 5.35. The number of hydrogen-bond donors (Lipinski definition) is 1. The average Bonchev–Trinajstić information content (AvgIpc) is 2.59. The number of carboxylic acids is 1. The molecular weight excluding hydrogens is 348 g/mol. The summed E-state index contributed by atoms with van der Waals surface area (Å²) in [6.07, 6.45) is 2.10. The van der Waals surface area contributed by atoms with Gasteiger partial charge >= 0.3 is 5.97 Å². The third-order valence-electron chi connectivity index (χ3n) is 4.62. The van der Waals surface area contributed by atoms with Crippen molar-refractivity contribution < 1.29 is 18.7 Å². The van der Waals surface area contributed by atoms with Crippen LogP contribution in [0.15, 0.2) is 42.5 Å². The van der Waals surface area contributed by atoms with Crippen LogP contribution in [0.2, 0.25) is 5.02 Å². The Hall–Kier alpha value is -1.98. The molecule has 0 bridgehead atoms. The van der Waals surface area contributed by atoms with Crippen LogP contribution in [0.3, 0.4) is 0 Å². The number of halogens is 3. The molecule has 2 unspecified atom stereocenters. The minimum absolute atomic E-state index is 0.225. The van der Waals surface area contributed by atoms with Crippen molar-refractivity contribution >= 4 is 17.6 Å². The van der Waals surface area contributed by atoms with Crippen molar-refractivity contribution in [2.24, 2.45) is 0 Å². The summed E-state index contributed by atoms with van der Waals surface area (Å²) in [5.41, 5.74) is 0.838. The zero-order chi connectivity index (χ0) is 18.0. The molecule has 3 nitrogen and oxygen atoms in total. The first kappa shape index (κ1) is 17.8. The summed E-state index contributed by atoms with van der Waals surface area (Å²) in [6, 6.07) is 8.92. The molecule has 1 N–H and O–H groups in total. The van der Waals surface area contributed by atoms with Crippen molar-refractivity contribution in [2.75, 3.05) is 6.54 Å². The van der Waals surface area contributed by atoms with Gasteiger partial charge in [0, 0.05) is 16.7 Å². The molecule has 2 atom stereocenters. The number of piperidine rings is 1. The van der Waals surface area contributed by atoms with E-state index in [-0.39, 0.29) is 5.56 Å². The first-order valence-electron chi connectivity index (χ1n) is 8.17. The highest BCUT2D eigenvalue weighted by Gasteiger charge is 2.36. The summed E-state index contributed by atoms with van der Waals surface area (Å²) >= 11 is 6.33. The molecule has 2 aromatic carbocycles. The highest BCUT2D eigenvalue weighted by atomic mass is 35.5. The van der Waals surface area contributed by atoms with E-state index in [4.69, 9.17) is 11.6 Å². The number of carbonyl (C=O) groups is 1. The highest BCUT2D eigenvalue weighted by Crippen LogP contribution is 2.38. The second-order valence-electron chi connectivity index (χ2n) is 6.18. The second-order valence-corrected chi connectivity index (χ2v) is 6.58. The molecule has 132 valence electrons. The lowest BCUT2D eigenvalue weighted by Crippen LogP contribution is -2.47. The molecule has 1 saturated heterocycles. The number of carboxylic acid groups (broad SMARTS) is 1. The molecule has 0 saturated carbocycles. The molecule has 1 heterocycles. The summed E-state index contributed by atoms with van der Waals surface area (Å²) in [5, 5.41) is 10.0. The van der Waals surface area contributed by atoms with Crippen LogP contribution in [0.25, 0.3) is 0 Å². The Balaban J connectivity index is 2.15. The molecular formula is C19H18ClF2NO2. The molecule has 3 rings (SSSR count). The van der Waals surface area contributed by atoms with Gasteiger partial charge < -0.3 is 5.11 Å². The van der Waals surface area contributed by atoms with Gasteiger partial charge in [0.1, 0.15) is 17.7 Å². The summed E-state index contributed by atoms with van der Waals surface area (Å²) < 4.78 is 27.9. The van der Waals surface area contributed by atoms with Crippen LogP contribution >= 0.6 is 11.6 Å². The Morgan fingerprint density at radius 2 is 1.92 bits per heavy atom. The van der Waals surface area contributed by atoms with Crippen LogP contribution in [0, 0.1) is 11.6 Å². The zero-order valence-electron chi connectivity index (χ0n) is 13.5. The van der Waals surface area contributed by atoms with Gasteiger partial charge in [-0.2, -0.15) is 0 Å². The van der Waals surface area contributed by atoms with Crippen LogP contribution in [0.4, 0.5) is 8.78 Å². The van der Waals surface area contributed by atoms with Crippen LogP contribution in [0.1, 0.15) is 36.4 Å². The Morgan fingerprint density at radius 3 is 2.60 bits per heavy atom. The van der Waals surface area contributed by atoms with Crippen molar-refractivity contribution in [2.45, 2.75) is 31.3 Å². The van der Waals surface area contributed by atoms with Crippen LogP contribution in [-0.4, -0.2) is 28.6 Å². The fraction of sp³-hybridized carbons (Fsp3) is 0.316. The molecule has 1 fully saturated rings. The SMILES string of the molecule is O=C(O)C1CCCCN1C(c1ccc(F)cc1F)c1ccccc1Cl. The van der Waals surface area contributed by atoms with Crippen molar-refractivity contribution in [3.8, 4) is 0 Å². The minimum atomic E-state index is -0.945. The fourth-order valence-electron chi connectivity index (χ4n) is 3.47. The summed E-state index contributed by atoms with van der Waals surface area (Å²) in [6.45, 7) is 0.504. The largest absolute Gasteiger partial charge is 0.480 e. The predicted octanol–water partition coefficient (Wildman–Crippen LogP) is 4.65. The molecule has 0 aromatic heterocycles. The van der Waals surface area contributed by atoms with E-state index in [9.17, 15) is 18.7 Å². The number of hydrogen-bond acceptors (Lipinski definition) is 2. The maximum absolute atomic E-state index is 14.5. The van der Waals surface area contributed by atoms with E-state index in [0.717, 1.165) is 18.9 Å². The van der Waals surface area contributed by atoms with Crippen LogP contribution in [0.5, 0.6) is 0 Å². The summed E-state index contributed by atoms with van der Waals surface area (Å²) in [4.78, 5) is 13.5. The van der Waals surface area contributed by atoms with E-state index in [1.807, 2.05) is 0 Å². The predicted molar refractivity (Wildman–Crippen MR) is 91.6 cm³/mol. The maximum Gasteiger partial charge on any atom is 0.320 e. The Morgan fingerprint density at radius 1 is 1.16 bits per heavy atom. The molecule has 0 radical (unpaired) electrons. The number of aliphatic carboxylic acids is 1. The smallest absolute Gasteiger partial charge is 0.320 e. The molecule has 1 aliphatic heterocycles. The highest BCUT2D eigenvalue weighted by molar-refractivity contribution is 6.31. The number of likely N-dealkylation sites (tertiary alicyclic amines) is 1. The van der Waals surface area contributed by atoms with Crippen LogP contribution in [-0.2, 0) is 4.79 Å². The fourth-order valence-corrected chi connectivity index (χ4v) is 3.71. The molecule has 25 heavy (non-hydrogen) atoms. The first-order chi connectivity index (χ1) is 12.0. The maximum atomic E-state index is 14.5. The topological polar surface area (TPSA) is 40.5 Å². The molecule has 1 aliphatic rings. The lowest BCUT2D eigenvalue weighted by atomic mass is 9.91. The van der Waals surface area contributed by atoms with E-state index in [1.165, 1.54) is 12.1 Å². The standard InChI is InChI=1S/C19H18ClF2NO2/c20-15-6-2-1-5-13(15)18(14-9-8-12(21)11-16(14)22)23-10-4-3-7-17(23)19(24)25/h1-2,5-6,8-9,11,17-18H,3-4,7,10H2,(H,24,25).